The molecule has 3 N–H and O–H groups in total. The maximum absolute atomic E-state index is 11.6. The molecular weight excluding hydrogens is 252 g/mol. The minimum Gasteiger partial charge on any atom is -0.384 e. The Morgan fingerprint density at radius 3 is 2.83 bits per heavy atom. The van der Waals surface area contributed by atoms with Gasteiger partial charge in [0, 0.05) is 16.6 Å². The van der Waals surface area contributed by atoms with E-state index in [2.05, 4.69) is 22.5 Å². The molecule has 0 atom stereocenters. The molecule has 0 saturated heterocycles. The van der Waals surface area contributed by atoms with Crippen molar-refractivity contribution in [1.29, 1.82) is 0 Å². The Balaban J connectivity index is 2.92. The van der Waals surface area contributed by atoms with Crippen LogP contribution in [0.25, 0.3) is 0 Å². The summed E-state index contributed by atoms with van der Waals surface area (Å²) in [5, 5.41) is 14.6. The molecule has 0 aromatic heterocycles. The van der Waals surface area contributed by atoms with Crippen molar-refractivity contribution in [3.8, 4) is 11.8 Å². The van der Waals surface area contributed by atoms with E-state index in [1.54, 1.807) is 18.2 Å². The van der Waals surface area contributed by atoms with Gasteiger partial charge in [-0.3, -0.25) is 0 Å². The van der Waals surface area contributed by atoms with Gasteiger partial charge >= 0.3 is 6.03 Å². The van der Waals surface area contributed by atoms with Crippen LogP contribution in [0.3, 0.4) is 0 Å². The quantitative estimate of drug-likeness (QED) is 0.719. The van der Waals surface area contributed by atoms with Gasteiger partial charge in [-0.15, -0.1) is 0 Å². The van der Waals surface area contributed by atoms with Crippen molar-refractivity contribution in [2.24, 2.45) is 0 Å². The van der Waals surface area contributed by atoms with Crippen molar-refractivity contribution < 1.29 is 9.90 Å². The van der Waals surface area contributed by atoms with Gasteiger partial charge in [0.2, 0.25) is 0 Å². The molecule has 96 valence electrons. The van der Waals surface area contributed by atoms with Gasteiger partial charge < -0.3 is 15.7 Å². The number of carbonyl (C=O) groups is 1. The molecule has 0 fully saturated rings. The maximum atomic E-state index is 11.6. The molecule has 4 nitrogen and oxygen atoms in total. The molecule has 1 aromatic rings. The molecule has 0 aliphatic carbocycles. The lowest BCUT2D eigenvalue weighted by atomic mass is 10.2. The largest absolute Gasteiger partial charge is 0.384 e. The number of amides is 2. The van der Waals surface area contributed by atoms with Crippen LogP contribution in [-0.4, -0.2) is 23.8 Å². The van der Waals surface area contributed by atoms with E-state index >= 15 is 0 Å². The summed E-state index contributed by atoms with van der Waals surface area (Å²) in [6, 6.07) is 4.70. The topological polar surface area (TPSA) is 61.4 Å². The zero-order valence-corrected chi connectivity index (χ0v) is 11.0. The smallest absolute Gasteiger partial charge is 0.319 e. The normalized spacial score (nSPS) is 9.61. The number of nitrogens with one attached hydrogen (secondary N) is 2. The van der Waals surface area contributed by atoms with Crippen molar-refractivity contribution in [3.05, 3.63) is 28.8 Å². The maximum Gasteiger partial charge on any atom is 0.319 e. The minimum atomic E-state index is -0.320. The van der Waals surface area contributed by atoms with Crippen molar-refractivity contribution >= 4 is 23.3 Å². The first-order valence-electron chi connectivity index (χ1n) is 5.49. The number of urea groups is 1. The van der Waals surface area contributed by atoms with E-state index in [-0.39, 0.29) is 18.7 Å². The first-order valence-corrected chi connectivity index (χ1v) is 5.87. The predicted molar refractivity (Wildman–Crippen MR) is 72.7 cm³/mol. The third-order valence-corrected chi connectivity index (χ3v) is 2.19. The summed E-state index contributed by atoms with van der Waals surface area (Å²) < 4.78 is 0. The second kappa shape index (κ2) is 6.90. The average molecular weight is 267 g/mol. The van der Waals surface area contributed by atoms with Gasteiger partial charge in [-0.2, -0.15) is 0 Å². The summed E-state index contributed by atoms with van der Waals surface area (Å²) in [6.07, 6.45) is 0. The number of aliphatic hydroxyl groups excluding tert-OH is 1. The highest BCUT2D eigenvalue weighted by Crippen LogP contribution is 2.20. The number of benzene rings is 1. The zero-order valence-electron chi connectivity index (χ0n) is 10.2. The third kappa shape index (κ3) is 4.66. The molecule has 0 aliphatic heterocycles. The fraction of sp³-hybridized carbons (Fsp3) is 0.308. The highest BCUT2D eigenvalue weighted by Gasteiger charge is 2.07. The average Bonchev–Trinajstić information content (AvgIpc) is 2.26. The van der Waals surface area contributed by atoms with E-state index in [0.29, 0.717) is 16.3 Å². The monoisotopic (exact) mass is 266 g/mol. The van der Waals surface area contributed by atoms with E-state index in [0.717, 1.165) is 0 Å². The van der Waals surface area contributed by atoms with Crippen LogP contribution in [-0.2, 0) is 0 Å². The Labute approximate surface area is 111 Å². The summed E-state index contributed by atoms with van der Waals surface area (Å²) in [5.41, 5.74) is 1.12. The van der Waals surface area contributed by atoms with Crippen LogP contribution in [0.15, 0.2) is 18.2 Å². The standard InChI is InChI=1S/C13H15ClN2O2/c1-9(2)15-13(18)16-12-8-11(14)6-5-10(12)4-3-7-17/h5-6,8-9,17H,7H2,1-2H3,(H2,15,16,18). The number of rotatable bonds is 2. The van der Waals surface area contributed by atoms with Gasteiger partial charge in [0.1, 0.15) is 6.61 Å². The van der Waals surface area contributed by atoms with Gasteiger partial charge in [-0.25, -0.2) is 4.79 Å². The van der Waals surface area contributed by atoms with Crippen LogP contribution < -0.4 is 10.6 Å². The van der Waals surface area contributed by atoms with E-state index in [1.165, 1.54) is 0 Å². The van der Waals surface area contributed by atoms with Gasteiger partial charge in [-0.1, -0.05) is 23.4 Å². The van der Waals surface area contributed by atoms with Crippen LogP contribution in [0.2, 0.25) is 5.02 Å². The van der Waals surface area contributed by atoms with E-state index in [9.17, 15) is 4.79 Å². The first-order chi connectivity index (χ1) is 8.52. The summed E-state index contributed by atoms with van der Waals surface area (Å²) in [7, 11) is 0. The molecule has 0 spiro atoms. The number of hydrogen-bond donors (Lipinski definition) is 3. The van der Waals surface area contributed by atoms with Crippen molar-refractivity contribution in [2.75, 3.05) is 11.9 Å². The minimum absolute atomic E-state index is 0.0381. The predicted octanol–water partition coefficient (Wildman–Crippen LogP) is 2.21. The van der Waals surface area contributed by atoms with E-state index in [4.69, 9.17) is 16.7 Å². The molecule has 0 aliphatic rings. The summed E-state index contributed by atoms with van der Waals surface area (Å²) >= 11 is 5.87. The van der Waals surface area contributed by atoms with Crippen molar-refractivity contribution in [3.63, 3.8) is 0 Å². The molecule has 0 heterocycles. The van der Waals surface area contributed by atoms with Gasteiger partial charge in [0.05, 0.1) is 5.69 Å². The lowest BCUT2D eigenvalue weighted by molar-refractivity contribution is 0.250. The molecule has 0 bridgehead atoms. The third-order valence-electron chi connectivity index (χ3n) is 1.95. The van der Waals surface area contributed by atoms with E-state index < -0.39 is 0 Å². The Hall–Kier alpha value is -1.70. The SMILES string of the molecule is CC(C)NC(=O)Nc1cc(Cl)ccc1C#CCO. The van der Waals surface area contributed by atoms with Crippen molar-refractivity contribution in [1.82, 2.24) is 5.32 Å². The van der Waals surface area contributed by atoms with Crippen LogP contribution in [0.1, 0.15) is 19.4 Å². The Bertz CT molecular complexity index is 489. The summed E-state index contributed by atoms with van der Waals surface area (Å²) in [4.78, 5) is 11.6. The Kier molecular flexibility index (Phi) is 5.50. The second-order valence-electron chi connectivity index (χ2n) is 3.90. The number of hydrogen-bond acceptors (Lipinski definition) is 2. The fourth-order valence-electron chi connectivity index (χ4n) is 1.28. The first kappa shape index (κ1) is 14.4. The molecular formula is C13H15ClN2O2. The second-order valence-corrected chi connectivity index (χ2v) is 4.34. The highest BCUT2D eigenvalue weighted by molar-refractivity contribution is 6.31. The summed E-state index contributed by atoms with van der Waals surface area (Å²) in [6.45, 7) is 3.49. The molecule has 2 amide bonds. The Morgan fingerprint density at radius 1 is 1.50 bits per heavy atom. The molecule has 18 heavy (non-hydrogen) atoms. The molecule has 0 unspecified atom stereocenters. The number of aliphatic hydroxyl groups is 1. The van der Waals surface area contributed by atoms with Crippen LogP contribution in [0.4, 0.5) is 10.5 Å². The molecule has 1 aromatic carbocycles. The Morgan fingerprint density at radius 2 is 2.22 bits per heavy atom. The lowest BCUT2D eigenvalue weighted by Crippen LogP contribution is -2.34. The fourth-order valence-corrected chi connectivity index (χ4v) is 1.46. The van der Waals surface area contributed by atoms with Gasteiger partial charge in [0.15, 0.2) is 0 Å². The number of carbonyl (C=O) groups excluding carboxylic acids is 1. The molecule has 5 heteroatoms. The zero-order chi connectivity index (χ0) is 13.5. The van der Waals surface area contributed by atoms with Gasteiger partial charge in [0.25, 0.3) is 0 Å². The van der Waals surface area contributed by atoms with E-state index in [1.807, 2.05) is 13.8 Å². The van der Waals surface area contributed by atoms with Crippen LogP contribution >= 0.6 is 11.6 Å². The van der Waals surface area contributed by atoms with Crippen LogP contribution in [0.5, 0.6) is 0 Å². The summed E-state index contributed by atoms with van der Waals surface area (Å²) in [5.74, 6) is 5.28. The number of anilines is 1. The lowest BCUT2D eigenvalue weighted by Gasteiger charge is -2.11. The molecule has 0 saturated carbocycles. The van der Waals surface area contributed by atoms with Crippen LogP contribution in [0, 0.1) is 11.8 Å². The number of halogens is 1. The molecule has 0 radical (unpaired) electrons. The highest BCUT2D eigenvalue weighted by atomic mass is 35.5. The van der Waals surface area contributed by atoms with Gasteiger partial charge in [-0.05, 0) is 32.0 Å². The van der Waals surface area contributed by atoms with Crippen molar-refractivity contribution in [2.45, 2.75) is 19.9 Å². The molecule has 1 rings (SSSR count).